The molecule has 6 rings (SSSR count). The van der Waals surface area contributed by atoms with Gasteiger partial charge in [0.15, 0.2) is 35.6 Å². The Morgan fingerprint density at radius 3 is 2.56 bits per heavy atom. The molecule has 4 aliphatic rings. The van der Waals surface area contributed by atoms with Crippen molar-refractivity contribution < 1.29 is 39.4 Å². The van der Waals surface area contributed by atoms with Gasteiger partial charge in [0.1, 0.15) is 6.04 Å². The summed E-state index contributed by atoms with van der Waals surface area (Å²) in [6.07, 6.45) is -0.236. The summed E-state index contributed by atoms with van der Waals surface area (Å²) < 4.78 is 23.2. The van der Waals surface area contributed by atoms with E-state index in [9.17, 15) is 25.7 Å². The molecule has 5 atom stereocenters. The van der Waals surface area contributed by atoms with Crippen LogP contribution < -0.4 is 14.2 Å². The van der Waals surface area contributed by atoms with Gasteiger partial charge in [-0.2, -0.15) is 5.26 Å². The minimum atomic E-state index is -1.61. The fraction of sp³-hybridized carbons (Fsp3) is 0.500. The first-order chi connectivity index (χ1) is 19.6. The molecule has 0 radical (unpaired) electrons. The summed E-state index contributed by atoms with van der Waals surface area (Å²) in [5, 5.41) is 52.4. The number of hydrogen-bond acceptors (Lipinski definition) is 11. The zero-order valence-corrected chi connectivity index (χ0v) is 23.7. The van der Waals surface area contributed by atoms with Crippen LogP contribution in [0.1, 0.15) is 58.0 Å². The molecule has 11 heteroatoms. The largest absolute Gasteiger partial charge is 0.504 e. The molecule has 11 nitrogen and oxygen atoms in total. The Hall–Kier alpha value is -3.53. The lowest BCUT2D eigenvalue weighted by Crippen LogP contribution is -2.62. The Balaban J connectivity index is 1.67. The fourth-order valence-electron chi connectivity index (χ4n) is 7.22. The smallest absolute Gasteiger partial charge is 0.231 e. The molecule has 2 bridgehead atoms. The van der Waals surface area contributed by atoms with Gasteiger partial charge >= 0.3 is 0 Å². The molecule has 0 aromatic heterocycles. The molecule has 4 N–H and O–H groups in total. The zero-order chi connectivity index (χ0) is 29.3. The Morgan fingerprint density at radius 1 is 1.17 bits per heavy atom. The summed E-state index contributed by atoms with van der Waals surface area (Å²) in [6.45, 7) is 5.30. The highest BCUT2D eigenvalue weighted by Crippen LogP contribution is 2.58. The molecule has 41 heavy (non-hydrogen) atoms. The Morgan fingerprint density at radius 2 is 1.90 bits per heavy atom. The third kappa shape index (κ3) is 4.05. The summed E-state index contributed by atoms with van der Waals surface area (Å²) in [5.74, 6) is 1.50. The summed E-state index contributed by atoms with van der Waals surface area (Å²) in [5.41, 5.74) is 6.04. The average Bonchev–Trinajstić information content (AvgIpc) is 3.40. The third-order valence-corrected chi connectivity index (χ3v) is 8.89. The van der Waals surface area contributed by atoms with Crippen LogP contribution in [-0.2, 0) is 17.6 Å². The highest BCUT2D eigenvalue weighted by molar-refractivity contribution is 5.75. The van der Waals surface area contributed by atoms with Crippen LogP contribution in [0.25, 0.3) is 6.08 Å². The van der Waals surface area contributed by atoms with E-state index < -0.39 is 30.7 Å². The summed E-state index contributed by atoms with van der Waals surface area (Å²) >= 11 is 0. The second-order valence-electron chi connectivity index (χ2n) is 11.2. The number of aromatic hydroxyl groups is 1. The molecule has 4 heterocycles. The molecule has 1 saturated heterocycles. The lowest BCUT2D eigenvalue weighted by Gasteiger charge is -2.57. The number of aliphatic hydroxyl groups is 3. The van der Waals surface area contributed by atoms with Gasteiger partial charge < -0.3 is 44.3 Å². The van der Waals surface area contributed by atoms with Gasteiger partial charge in [0.05, 0.1) is 31.9 Å². The van der Waals surface area contributed by atoms with Gasteiger partial charge in [-0.3, -0.25) is 4.90 Å². The number of ether oxygens (including phenoxy) is 4. The number of nitrogens with zero attached hydrogens (tertiary/aromatic N) is 3. The fourth-order valence-corrected chi connectivity index (χ4v) is 7.22. The van der Waals surface area contributed by atoms with Crippen LogP contribution in [0.15, 0.2) is 11.8 Å². The van der Waals surface area contributed by atoms with E-state index in [0.717, 1.165) is 28.0 Å². The van der Waals surface area contributed by atoms with E-state index in [1.54, 1.807) is 0 Å². The van der Waals surface area contributed by atoms with Gasteiger partial charge in [0.25, 0.3) is 0 Å². The summed E-state index contributed by atoms with van der Waals surface area (Å²) in [7, 11) is 3.48. The van der Waals surface area contributed by atoms with E-state index in [1.807, 2.05) is 37.9 Å². The predicted octanol–water partition coefficient (Wildman–Crippen LogP) is 2.16. The summed E-state index contributed by atoms with van der Waals surface area (Å²) in [6, 6.07) is 2.71. The minimum absolute atomic E-state index is 0.00432. The number of methoxy groups -OCH3 is 1. The van der Waals surface area contributed by atoms with Crippen molar-refractivity contribution in [1.29, 1.82) is 5.26 Å². The number of phenols is 1. The van der Waals surface area contributed by atoms with Gasteiger partial charge in [-0.1, -0.05) is 6.07 Å². The van der Waals surface area contributed by atoms with Gasteiger partial charge in [-0.15, -0.1) is 0 Å². The minimum Gasteiger partial charge on any atom is -0.504 e. The molecule has 2 aromatic carbocycles. The van der Waals surface area contributed by atoms with E-state index in [0.29, 0.717) is 40.4 Å². The molecule has 3 unspecified atom stereocenters. The van der Waals surface area contributed by atoms with Crippen LogP contribution in [0.5, 0.6) is 23.0 Å². The molecular weight excluding hydrogens is 530 g/mol. The Kier molecular flexibility index (Phi) is 6.79. The van der Waals surface area contributed by atoms with E-state index in [1.165, 1.54) is 14.0 Å². The molecule has 0 amide bonds. The molecule has 218 valence electrons. The van der Waals surface area contributed by atoms with Crippen molar-refractivity contribution in [3.8, 4) is 29.1 Å². The molecule has 1 fully saturated rings. The Bertz CT molecular complexity index is 1480. The number of aliphatic hydroxyl groups excluding tert-OH is 2. The lowest BCUT2D eigenvalue weighted by molar-refractivity contribution is -0.108. The second kappa shape index (κ2) is 10.1. The standard InChI is InChI=1S/C30H35N3O8/c1-13-6-16-7-19-21(10-31)33-20(26(32(19)4)24(16)27(37)28(13)38-5)8-18-17(9-23(35)36)14(2)29-30(41-12-40-29)25(18)22(33)11-39-15(3)34/h6,8,15,19,21-23,26,34-37H,7,9,11-12H2,1-5H3/t15?,19?,21-,22-,26?/m0/s1. The number of aryl methyl sites for hydroxylation is 1. The van der Waals surface area contributed by atoms with Crippen molar-refractivity contribution in [3.63, 3.8) is 0 Å². The SMILES string of the molecule is COc1c(C)cc2c(c1O)C1C3=Cc4c(CC(O)O)c(C)c5c(c4[C@H](COC(C)O)N3[C@@H](C#N)C(C2)N1C)OCO5. The number of rotatable bonds is 6. The van der Waals surface area contributed by atoms with Crippen molar-refractivity contribution in [2.45, 2.75) is 70.4 Å². The maximum absolute atomic E-state index is 11.5. The van der Waals surface area contributed by atoms with Gasteiger partial charge in [-0.25, -0.2) is 0 Å². The van der Waals surface area contributed by atoms with Crippen LogP contribution in [0.2, 0.25) is 0 Å². The Labute approximate surface area is 238 Å². The molecule has 0 saturated carbocycles. The maximum atomic E-state index is 11.5. The van der Waals surface area contributed by atoms with Crippen molar-refractivity contribution in [3.05, 3.63) is 50.7 Å². The van der Waals surface area contributed by atoms with Gasteiger partial charge in [0.2, 0.25) is 6.79 Å². The predicted molar refractivity (Wildman–Crippen MR) is 146 cm³/mol. The molecular formula is C30H35N3O8. The number of nitriles is 1. The van der Waals surface area contributed by atoms with Crippen molar-refractivity contribution in [1.82, 2.24) is 9.80 Å². The van der Waals surface area contributed by atoms with Crippen LogP contribution in [0.3, 0.4) is 0 Å². The first-order valence-electron chi connectivity index (χ1n) is 13.7. The van der Waals surface area contributed by atoms with Gasteiger partial charge in [-0.05, 0) is 68.1 Å². The number of benzene rings is 2. The van der Waals surface area contributed by atoms with Crippen molar-refractivity contribution >= 4 is 6.08 Å². The van der Waals surface area contributed by atoms with E-state index >= 15 is 0 Å². The first kappa shape index (κ1) is 27.6. The number of phenolic OH excluding ortho intramolecular Hbond substituents is 1. The number of hydrogen-bond donors (Lipinski definition) is 4. The average molecular weight is 566 g/mol. The number of piperazine rings is 1. The van der Waals surface area contributed by atoms with Crippen LogP contribution in [0.4, 0.5) is 0 Å². The number of likely N-dealkylation sites (N-methyl/N-ethyl adjacent to an activating group) is 1. The lowest BCUT2D eigenvalue weighted by atomic mass is 9.75. The van der Waals surface area contributed by atoms with E-state index in [-0.39, 0.29) is 31.6 Å². The zero-order valence-electron chi connectivity index (χ0n) is 23.7. The summed E-state index contributed by atoms with van der Waals surface area (Å²) in [4.78, 5) is 4.14. The van der Waals surface area contributed by atoms with Gasteiger partial charge in [0, 0.05) is 29.3 Å². The molecule has 0 spiro atoms. The first-order valence-corrected chi connectivity index (χ1v) is 13.7. The monoisotopic (exact) mass is 565 g/mol. The third-order valence-electron chi connectivity index (χ3n) is 8.89. The topological polar surface area (TPSA) is 148 Å². The van der Waals surface area contributed by atoms with E-state index in [2.05, 4.69) is 11.0 Å². The quantitative estimate of drug-likeness (QED) is 0.382. The van der Waals surface area contributed by atoms with E-state index in [4.69, 9.17) is 18.9 Å². The normalized spacial score (nSPS) is 24.8. The van der Waals surface area contributed by atoms with Crippen molar-refractivity contribution in [2.24, 2.45) is 0 Å². The van der Waals surface area contributed by atoms with Crippen LogP contribution in [-0.4, -0.2) is 82.4 Å². The molecule has 0 aliphatic carbocycles. The van der Waals surface area contributed by atoms with Crippen LogP contribution in [0, 0.1) is 25.2 Å². The van der Waals surface area contributed by atoms with Crippen LogP contribution >= 0.6 is 0 Å². The highest BCUT2D eigenvalue weighted by Gasteiger charge is 2.53. The second-order valence-corrected chi connectivity index (χ2v) is 11.2. The molecule has 4 aliphatic heterocycles. The van der Waals surface area contributed by atoms with Crippen molar-refractivity contribution in [2.75, 3.05) is 27.6 Å². The number of fused-ring (bicyclic) bond motifs is 9. The molecule has 2 aromatic rings. The maximum Gasteiger partial charge on any atom is 0.231 e. The highest BCUT2D eigenvalue weighted by atomic mass is 16.7.